The van der Waals surface area contributed by atoms with Crippen LogP contribution in [0.15, 0.2) is 53.8 Å². The third-order valence-corrected chi connectivity index (χ3v) is 6.55. The van der Waals surface area contributed by atoms with Crippen molar-refractivity contribution in [2.45, 2.75) is 29.2 Å². The van der Waals surface area contributed by atoms with Crippen LogP contribution in [0.25, 0.3) is 0 Å². The predicted octanol–water partition coefficient (Wildman–Crippen LogP) is 4.81. The maximum absolute atomic E-state index is 12.8. The number of aromatic nitrogens is 3. The maximum Gasteiger partial charge on any atom is 0.417 e. The summed E-state index contributed by atoms with van der Waals surface area (Å²) in [6.07, 6.45) is 0.621. The van der Waals surface area contributed by atoms with Crippen molar-refractivity contribution < 1.29 is 22.5 Å². The molecule has 3 heterocycles. The molecule has 12 heteroatoms. The highest BCUT2D eigenvalue weighted by Gasteiger charge is 2.37. The van der Waals surface area contributed by atoms with Crippen molar-refractivity contribution in [3.8, 4) is 0 Å². The van der Waals surface area contributed by atoms with Crippen molar-refractivity contribution in [2.24, 2.45) is 0 Å². The van der Waals surface area contributed by atoms with Gasteiger partial charge < -0.3 is 15.2 Å². The van der Waals surface area contributed by atoms with Crippen molar-refractivity contribution in [3.05, 3.63) is 65.2 Å². The number of hydrogen-bond acceptors (Lipinski definition) is 6. The molecule has 166 valence electrons. The number of hydrogen-bond donors (Lipinski definition) is 2. The van der Waals surface area contributed by atoms with Gasteiger partial charge in [0.2, 0.25) is 0 Å². The van der Waals surface area contributed by atoms with Crippen LogP contribution >= 0.6 is 11.6 Å². The van der Waals surface area contributed by atoms with Crippen LogP contribution in [0.3, 0.4) is 0 Å². The van der Waals surface area contributed by atoms with Crippen LogP contribution in [0, 0.1) is 0 Å². The van der Waals surface area contributed by atoms with Gasteiger partial charge in [0.05, 0.1) is 11.8 Å². The van der Waals surface area contributed by atoms with Crippen molar-refractivity contribution in [2.75, 3.05) is 10.6 Å². The summed E-state index contributed by atoms with van der Waals surface area (Å²) in [6.45, 7) is 0. The first-order chi connectivity index (χ1) is 15.2. The van der Waals surface area contributed by atoms with Gasteiger partial charge in [-0.3, -0.25) is 4.79 Å². The molecule has 0 aromatic carbocycles. The number of alkyl halides is 3. The number of pyridine rings is 3. The minimum Gasteiger partial charge on any atom is -0.611 e. The minimum atomic E-state index is -4.49. The van der Waals surface area contributed by atoms with E-state index in [1.165, 1.54) is 30.6 Å². The van der Waals surface area contributed by atoms with E-state index in [9.17, 15) is 22.5 Å². The highest BCUT2D eigenvalue weighted by molar-refractivity contribution is 7.92. The largest absolute Gasteiger partial charge is 0.611 e. The third-order valence-electron chi connectivity index (χ3n) is 4.49. The summed E-state index contributed by atoms with van der Waals surface area (Å²) >= 11 is 4.62. The molecule has 0 spiro atoms. The number of carbonyl (C=O) groups is 1. The first-order valence-corrected chi connectivity index (χ1v) is 10.9. The van der Waals surface area contributed by atoms with Crippen LogP contribution in [0.5, 0.6) is 0 Å². The molecule has 7 nitrogen and oxygen atoms in total. The van der Waals surface area contributed by atoms with Gasteiger partial charge in [-0.25, -0.2) is 15.0 Å². The summed E-state index contributed by atoms with van der Waals surface area (Å²) in [6, 6.07) is 6.40. The Morgan fingerprint density at radius 1 is 1.09 bits per heavy atom. The predicted molar refractivity (Wildman–Crippen MR) is 113 cm³/mol. The van der Waals surface area contributed by atoms with Crippen LogP contribution in [-0.2, 0) is 17.4 Å². The van der Waals surface area contributed by atoms with Gasteiger partial charge >= 0.3 is 6.18 Å². The van der Waals surface area contributed by atoms with Crippen LogP contribution in [0.1, 0.15) is 28.8 Å². The van der Waals surface area contributed by atoms with Crippen LogP contribution in [0.2, 0.25) is 5.15 Å². The number of halogens is 4. The third kappa shape index (κ3) is 5.29. The number of nitrogens with one attached hydrogen (secondary N) is 2. The topological polar surface area (TPSA) is 103 Å². The van der Waals surface area contributed by atoms with Crippen molar-refractivity contribution in [3.63, 3.8) is 0 Å². The van der Waals surface area contributed by atoms with Gasteiger partial charge in [0.1, 0.15) is 27.7 Å². The van der Waals surface area contributed by atoms with E-state index in [2.05, 4.69) is 25.6 Å². The molecule has 0 aliphatic heterocycles. The first kappa shape index (κ1) is 22.3. The summed E-state index contributed by atoms with van der Waals surface area (Å²) in [5, 5.41) is 5.65. The molecule has 1 fully saturated rings. The van der Waals surface area contributed by atoms with Gasteiger partial charge in [0.25, 0.3) is 5.91 Å². The molecular formula is C20H15ClF3N5O2S. The van der Waals surface area contributed by atoms with E-state index in [0.717, 1.165) is 25.0 Å². The molecule has 32 heavy (non-hydrogen) atoms. The Hall–Kier alpha value is -2.89. The zero-order chi connectivity index (χ0) is 22.9. The smallest absolute Gasteiger partial charge is 0.417 e. The SMILES string of the molecule is O=C(Nc1cnc(Cl)cc1[S+]([O-])C1CC1)c1ccnc(Nc2ccc(C(F)(F)F)cn2)c1. The zero-order valence-corrected chi connectivity index (χ0v) is 17.8. The molecule has 2 N–H and O–H groups in total. The standard InChI is InChI=1S/C20H15ClF3N5O2S/c21-16-8-15(32(31)13-2-3-13)14(10-26-16)28-19(30)11-5-6-25-18(7-11)29-17-4-1-12(9-27-17)20(22,23)24/h1,4-10,13H,2-3H2,(H,28,30)(H,25,27,29). The summed E-state index contributed by atoms with van der Waals surface area (Å²) in [7, 11) is 0. The molecule has 1 atom stereocenters. The molecule has 1 unspecified atom stereocenters. The highest BCUT2D eigenvalue weighted by atomic mass is 35.5. The Bertz CT molecular complexity index is 1140. The van der Waals surface area contributed by atoms with Crippen molar-refractivity contribution >= 4 is 46.0 Å². The molecule has 0 radical (unpaired) electrons. The Labute approximate surface area is 188 Å². The summed E-state index contributed by atoms with van der Waals surface area (Å²) in [5.74, 6) is -0.165. The van der Waals surface area contributed by atoms with Crippen LogP contribution in [0.4, 0.5) is 30.5 Å². The monoisotopic (exact) mass is 481 g/mol. The zero-order valence-electron chi connectivity index (χ0n) is 16.2. The Morgan fingerprint density at radius 2 is 1.88 bits per heavy atom. The molecule has 1 aliphatic carbocycles. The van der Waals surface area contributed by atoms with E-state index < -0.39 is 28.8 Å². The molecule has 0 saturated heterocycles. The fourth-order valence-corrected chi connectivity index (χ4v) is 4.43. The first-order valence-electron chi connectivity index (χ1n) is 9.34. The number of carbonyl (C=O) groups excluding carboxylic acids is 1. The van der Waals surface area contributed by atoms with E-state index in [1.807, 2.05) is 0 Å². The Kier molecular flexibility index (Phi) is 6.22. The second kappa shape index (κ2) is 8.93. The van der Waals surface area contributed by atoms with Gasteiger partial charge in [0, 0.05) is 36.9 Å². The van der Waals surface area contributed by atoms with Gasteiger partial charge in [-0.1, -0.05) is 11.6 Å². The lowest BCUT2D eigenvalue weighted by molar-refractivity contribution is -0.137. The lowest BCUT2D eigenvalue weighted by atomic mass is 10.2. The molecule has 3 aromatic heterocycles. The molecule has 4 rings (SSSR count). The number of anilines is 3. The molecular weight excluding hydrogens is 467 g/mol. The van der Waals surface area contributed by atoms with Gasteiger partial charge in [-0.15, -0.1) is 0 Å². The Morgan fingerprint density at radius 3 is 2.53 bits per heavy atom. The lowest BCUT2D eigenvalue weighted by Gasteiger charge is -2.14. The number of rotatable bonds is 6. The fourth-order valence-electron chi connectivity index (χ4n) is 2.74. The lowest BCUT2D eigenvalue weighted by Crippen LogP contribution is -2.17. The van der Waals surface area contributed by atoms with Gasteiger partial charge in [-0.05, 0) is 35.4 Å². The summed E-state index contributed by atoms with van der Waals surface area (Å²) < 4.78 is 50.6. The number of amides is 1. The molecule has 3 aromatic rings. The normalized spacial score (nSPS) is 14.7. The molecule has 0 bridgehead atoms. The number of nitrogens with zero attached hydrogens (tertiary/aromatic N) is 3. The van der Waals surface area contributed by atoms with E-state index >= 15 is 0 Å². The highest BCUT2D eigenvalue weighted by Crippen LogP contribution is 2.37. The Balaban J connectivity index is 1.49. The van der Waals surface area contributed by atoms with E-state index in [1.54, 1.807) is 0 Å². The van der Waals surface area contributed by atoms with Gasteiger partial charge in [-0.2, -0.15) is 13.2 Å². The molecule has 1 aliphatic rings. The second-order valence-electron chi connectivity index (χ2n) is 6.94. The second-order valence-corrected chi connectivity index (χ2v) is 9.03. The minimum absolute atomic E-state index is 0.0390. The van der Waals surface area contributed by atoms with E-state index in [4.69, 9.17) is 11.6 Å². The summed E-state index contributed by atoms with van der Waals surface area (Å²) in [4.78, 5) is 24.9. The summed E-state index contributed by atoms with van der Waals surface area (Å²) in [5.41, 5.74) is -0.368. The fraction of sp³-hybridized carbons (Fsp3) is 0.200. The molecule has 1 saturated carbocycles. The van der Waals surface area contributed by atoms with Crippen molar-refractivity contribution in [1.29, 1.82) is 0 Å². The maximum atomic E-state index is 12.8. The average molecular weight is 482 g/mol. The van der Waals surface area contributed by atoms with Crippen LogP contribution < -0.4 is 10.6 Å². The van der Waals surface area contributed by atoms with Gasteiger partial charge in [0.15, 0.2) is 4.90 Å². The van der Waals surface area contributed by atoms with Crippen LogP contribution in [-0.4, -0.2) is 30.7 Å². The van der Waals surface area contributed by atoms with E-state index in [0.29, 0.717) is 16.8 Å². The molecule has 1 amide bonds. The van der Waals surface area contributed by atoms with Crippen molar-refractivity contribution in [1.82, 2.24) is 15.0 Å². The van der Waals surface area contributed by atoms with E-state index in [-0.39, 0.29) is 27.6 Å². The quantitative estimate of drug-likeness (QED) is 0.387. The average Bonchev–Trinajstić information content (AvgIpc) is 3.60.